The van der Waals surface area contributed by atoms with Crippen molar-refractivity contribution in [2.24, 2.45) is 0 Å². The second kappa shape index (κ2) is 7.00. The molecule has 1 N–H and O–H groups in total. The molecular weight excluding hydrogens is 320 g/mol. The Kier molecular flexibility index (Phi) is 4.61. The summed E-state index contributed by atoms with van der Waals surface area (Å²) in [6.45, 7) is 1.36. The number of aliphatic carboxylic acids is 1. The molecule has 3 aromatic rings. The molecule has 126 valence electrons. The highest BCUT2D eigenvalue weighted by Gasteiger charge is 2.12. The largest absolute Gasteiger partial charge is 0.482 e. The van der Waals surface area contributed by atoms with Crippen molar-refractivity contribution in [1.82, 2.24) is 9.55 Å². The van der Waals surface area contributed by atoms with Gasteiger partial charge in [0.15, 0.2) is 12.4 Å². The standard InChI is InChI=1S/C19H16N2O4/c1-13-10-15(4-7-17(13)25-11-18(22)23)19(24)14-2-5-16(6-3-14)21-9-8-20-12-21/h2-10,12H,11H2,1H3,(H,22,23). The molecule has 0 radical (unpaired) electrons. The number of carboxylic acids is 1. The van der Waals surface area contributed by atoms with Gasteiger partial charge in [0.25, 0.3) is 0 Å². The van der Waals surface area contributed by atoms with Gasteiger partial charge in [-0.15, -0.1) is 0 Å². The minimum atomic E-state index is -1.04. The number of rotatable bonds is 6. The smallest absolute Gasteiger partial charge is 0.341 e. The summed E-state index contributed by atoms with van der Waals surface area (Å²) >= 11 is 0. The van der Waals surface area contributed by atoms with E-state index in [0.717, 1.165) is 5.69 Å². The van der Waals surface area contributed by atoms with Crippen LogP contribution in [-0.2, 0) is 4.79 Å². The quantitative estimate of drug-likeness (QED) is 0.700. The third-order valence-electron chi connectivity index (χ3n) is 3.72. The van der Waals surface area contributed by atoms with Crippen LogP contribution < -0.4 is 4.74 Å². The van der Waals surface area contributed by atoms with E-state index in [9.17, 15) is 9.59 Å². The number of nitrogens with zero attached hydrogens (tertiary/aromatic N) is 2. The number of aryl methyl sites for hydroxylation is 1. The average molecular weight is 336 g/mol. The summed E-state index contributed by atoms with van der Waals surface area (Å²) in [5, 5.41) is 8.66. The second-order valence-corrected chi connectivity index (χ2v) is 5.51. The molecule has 0 spiro atoms. The molecule has 0 atom stereocenters. The Morgan fingerprint density at radius 3 is 2.44 bits per heavy atom. The second-order valence-electron chi connectivity index (χ2n) is 5.51. The predicted molar refractivity (Wildman–Crippen MR) is 91.3 cm³/mol. The van der Waals surface area contributed by atoms with E-state index in [-0.39, 0.29) is 5.78 Å². The zero-order valence-electron chi connectivity index (χ0n) is 13.5. The van der Waals surface area contributed by atoms with Crippen LogP contribution in [0, 0.1) is 6.92 Å². The summed E-state index contributed by atoms with van der Waals surface area (Å²) in [6, 6.07) is 12.2. The number of carbonyl (C=O) groups is 2. The Morgan fingerprint density at radius 2 is 1.84 bits per heavy atom. The molecule has 2 aromatic carbocycles. The third kappa shape index (κ3) is 3.74. The lowest BCUT2D eigenvalue weighted by Crippen LogP contribution is -2.10. The monoisotopic (exact) mass is 336 g/mol. The molecule has 1 aromatic heterocycles. The Labute approximate surface area is 144 Å². The number of carboxylic acid groups (broad SMARTS) is 1. The maximum absolute atomic E-state index is 12.6. The van der Waals surface area contributed by atoms with Gasteiger partial charge in [0.05, 0.1) is 6.33 Å². The Balaban J connectivity index is 1.78. The number of ketones is 1. The van der Waals surface area contributed by atoms with Gasteiger partial charge in [-0.3, -0.25) is 4.79 Å². The van der Waals surface area contributed by atoms with Gasteiger partial charge in [0.2, 0.25) is 0 Å². The molecule has 6 heteroatoms. The Morgan fingerprint density at radius 1 is 1.12 bits per heavy atom. The highest BCUT2D eigenvalue weighted by Crippen LogP contribution is 2.21. The van der Waals surface area contributed by atoms with E-state index < -0.39 is 12.6 Å². The van der Waals surface area contributed by atoms with Crippen molar-refractivity contribution in [3.8, 4) is 11.4 Å². The number of hydrogen-bond acceptors (Lipinski definition) is 4. The van der Waals surface area contributed by atoms with E-state index in [1.165, 1.54) is 0 Å². The first-order valence-corrected chi connectivity index (χ1v) is 7.63. The molecule has 6 nitrogen and oxygen atoms in total. The minimum absolute atomic E-state index is 0.106. The van der Waals surface area contributed by atoms with Crippen LogP contribution in [0.1, 0.15) is 21.5 Å². The lowest BCUT2D eigenvalue weighted by atomic mass is 10.0. The van der Waals surface area contributed by atoms with Gasteiger partial charge in [-0.25, -0.2) is 9.78 Å². The van der Waals surface area contributed by atoms with Gasteiger partial charge in [-0.05, 0) is 55.0 Å². The molecule has 0 amide bonds. The fraction of sp³-hybridized carbons (Fsp3) is 0.105. The molecule has 0 saturated heterocycles. The summed E-state index contributed by atoms with van der Waals surface area (Å²) in [5.74, 6) is -0.697. The molecule has 0 fully saturated rings. The molecule has 0 unspecified atom stereocenters. The number of ether oxygens (including phenoxy) is 1. The summed E-state index contributed by atoms with van der Waals surface area (Å²) in [6.07, 6.45) is 5.21. The zero-order valence-corrected chi connectivity index (χ0v) is 13.5. The minimum Gasteiger partial charge on any atom is -0.482 e. The van der Waals surface area contributed by atoms with Crippen molar-refractivity contribution < 1.29 is 19.4 Å². The Bertz CT molecular complexity index is 900. The van der Waals surface area contributed by atoms with Crippen LogP contribution in [0.25, 0.3) is 5.69 Å². The summed E-state index contributed by atoms with van der Waals surface area (Å²) in [5.41, 5.74) is 2.72. The van der Waals surface area contributed by atoms with E-state index in [0.29, 0.717) is 22.4 Å². The summed E-state index contributed by atoms with van der Waals surface area (Å²) in [7, 11) is 0. The van der Waals surface area contributed by atoms with Crippen molar-refractivity contribution in [3.63, 3.8) is 0 Å². The lowest BCUT2D eigenvalue weighted by molar-refractivity contribution is -0.139. The molecular formula is C19H16N2O4. The number of benzene rings is 2. The van der Waals surface area contributed by atoms with Crippen molar-refractivity contribution in [1.29, 1.82) is 0 Å². The topological polar surface area (TPSA) is 81.4 Å². The third-order valence-corrected chi connectivity index (χ3v) is 3.72. The average Bonchev–Trinajstić information content (AvgIpc) is 3.14. The van der Waals surface area contributed by atoms with Crippen LogP contribution in [0.2, 0.25) is 0 Å². The van der Waals surface area contributed by atoms with Crippen molar-refractivity contribution in [2.45, 2.75) is 6.92 Å². The first-order chi connectivity index (χ1) is 12.0. The molecule has 25 heavy (non-hydrogen) atoms. The van der Waals surface area contributed by atoms with Crippen LogP contribution in [0.5, 0.6) is 5.75 Å². The van der Waals surface area contributed by atoms with Gasteiger partial charge in [-0.2, -0.15) is 0 Å². The van der Waals surface area contributed by atoms with E-state index >= 15 is 0 Å². The maximum Gasteiger partial charge on any atom is 0.341 e. The van der Waals surface area contributed by atoms with Crippen LogP contribution in [0.3, 0.4) is 0 Å². The normalized spacial score (nSPS) is 10.4. The molecule has 1 heterocycles. The van der Waals surface area contributed by atoms with Crippen LogP contribution in [0.4, 0.5) is 0 Å². The van der Waals surface area contributed by atoms with Crippen LogP contribution in [0.15, 0.2) is 61.2 Å². The van der Waals surface area contributed by atoms with Gasteiger partial charge in [-0.1, -0.05) is 0 Å². The summed E-state index contributed by atoms with van der Waals surface area (Å²) in [4.78, 5) is 27.2. The molecule has 0 aliphatic heterocycles. The molecule has 0 aliphatic rings. The molecule has 0 bridgehead atoms. The fourth-order valence-electron chi connectivity index (χ4n) is 2.46. The number of aromatic nitrogens is 2. The van der Waals surface area contributed by atoms with Gasteiger partial charge < -0.3 is 14.4 Å². The van der Waals surface area contributed by atoms with E-state index in [2.05, 4.69) is 4.98 Å². The first-order valence-electron chi connectivity index (χ1n) is 7.63. The van der Waals surface area contributed by atoms with Crippen molar-refractivity contribution in [3.05, 3.63) is 77.9 Å². The van der Waals surface area contributed by atoms with Crippen molar-refractivity contribution >= 4 is 11.8 Å². The molecule has 0 aliphatic carbocycles. The zero-order chi connectivity index (χ0) is 17.8. The first kappa shape index (κ1) is 16.4. The highest BCUT2D eigenvalue weighted by molar-refractivity contribution is 6.09. The fourth-order valence-corrected chi connectivity index (χ4v) is 2.46. The lowest BCUT2D eigenvalue weighted by Gasteiger charge is -2.09. The highest BCUT2D eigenvalue weighted by atomic mass is 16.5. The van der Waals surface area contributed by atoms with E-state index in [1.807, 2.05) is 22.9 Å². The molecule has 0 saturated carbocycles. The SMILES string of the molecule is Cc1cc(C(=O)c2ccc(-n3ccnc3)cc2)ccc1OCC(=O)O. The predicted octanol–water partition coefficient (Wildman–Crippen LogP) is 2.88. The van der Waals surface area contributed by atoms with E-state index in [4.69, 9.17) is 9.84 Å². The summed E-state index contributed by atoms with van der Waals surface area (Å²) < 4.78 is 7.03. The molecule has 3 rings (SSSR count). The van der Waals surface area contributed by atoms with Gasteiger partial charge in [0, 0.05) is 29.2 Å². The van der Waals surface area contributed by atoms with Gasteiger partial charge >= 0.3 is 5.97 Å². The Hall–Kier alpha value is -3.41. The van der Waals surface area contributed by atoms with Crippen molar-refractivity contribution in [2.75, 3.05) is 6.61 Å². The number of imidazole rings is 1. The number of hydrogen-bond donors (Lipinski definition) is 1. The number of carbonyl (C=O) groups excluding carboxylic acids is 1. The maximum atomic E-state index is 12.6. The van der Waals surface area contributed by atoms with Crippen LogP contribution >= 0.6 is 0 Å². The van der Waals surface area contributed by atoms with E-state index in [1.54, 1.807) is 49.8 Å². The van der Waals surface area contributed by atoms with Crippen LogP contribution in [-0.4, -0.2) is 33.0 Å². The van der Waals surface area contributed by atoms with Gasteiger partial charge in [0.1, 0.15) is 5.75 Å².